The highest BCUT2D eigenvalue weighted by atomic mass is 32.1. The molecule has 3 nitrogen and oxygen atoms in total. The highest BCUT2D eigenvalue weighted by Crippen LogP contribution is 2.45. The van der Waals surface area contributed by atoms with Gasteiger partial charge in [-0.1, -0.05) is 81.4 Å². The molecule has 0 saturated carbocycles. The van der Waals surface area contributed by atoms with Crippen LogP contribution < -0.4 is 5.32 Å². The van der Waals surface area contributed by atoms with Gasteiger partial charge in [-0.3, -0.25) is 4.79 Å². The number of hydrogen-bond acceptors (Lipinski definition) is 3. The monoisotopic (exact) mass is 466 g/mol. The molecule has 1 heterocycles. The Bertz CT molecular complexity index is 1360. The van der Waals surface area contributed by atoms with Crippen LogP contribution in [-0.2, 0) is 12.8 Å². The molecule has 1 amide bonds. The highest BCUT2D eigenvalue weighted by molar-refractivity contribution is 7.16. The lowest BCUT2D eigenvalue weighted by atomic mass is 9.72. The lowest BCUT2D eigenvalue weighted by molar-refractivity contribution is 0.102. The fraction of sp³-hybridized carbons (Fsp3) is 0.267. The number of thiophene rings is 1. The molecule has 0 saturated heterocycles. The first-order valence-electron chi connectivity index (χ1n) is 11.9. The number of hydrogen-bond donors (Lipinski definition) is 1. The van der Waals surface area contributed by atoms with E-state index in [9.17, 15) is 4.79 Å². The molecule has 0 unspecified atom stereocenters. The highest BCUT2D eigenvalue weighted by Gasteiger charge is 2.33. The molecule has 4 heteroatoms. The van der Waals surface area contributed by atoms with Crippen LogP contribution in [0.5, 0.6) is 0 Å². The molecule has 0 spiro atoms. The molecule has 0 fully saturated rings. The largest absolute Gasteiger partial charge is 0.322 e. The van der Waals surface area contributed by atoms with E-state index < -0.39 is 0 Å². The maximum Gasteiger partial charge on any atom is 0.259 e. The second-order valence-electron chi connectivity index (χ2n) is 10.1. The number of para-hydroxylation sites is 1. The van der Waals surface area contributed by atoms with Crippen molar-refractivity contribution in [1.82, 2.24) is 0 Å². The third-order valence-electron chi connectivity index (χ3n) is 6.87. The van der Waals surface area contributed by atoms with Gasteiger partial charge in [-0.15, -0.1) is 11.3 Å². The number of carbonyl (C=O) groups is 1. The first kappa shape index (κ1) is 22.5. The van der Waals surface area contributed by atoms with Crippen LogP contribution in [0.15, 0.2) is 77.8 Å². The van der Waals surface area contributed by atoms with E-state index in [1.54, 1.807) is 11.3 Å². The summed E-state index contributed by atoms with van der Waals surface area (Å²) >= 11 is 1.69. The average molecular weight is 467 g/mol. The van der Waals surface area contributed by atoms with Crippen molar-refractivity contribution >= 4 is 44.9 Å². The number of rotatable bonds is 4. The van der Waals surface area contributed by atoms with E-state index >= 15 is 0 Å². The van der Waals surface area contributed by atoms with E-state index in [1.165, 1.54) is 15.8 Å². The molecule has 0 bridgehead atoms. The fourth-order valence-electron chi connectivity index (χ4n) is 4.84. The molecule has 0 radical (unpaired) electrons. The number of aliphatic imine (C=N–C) groups is 1. The predicted octanol–water partition coefficient (Wildman–Crippen LogP) is 8.06. The molecule has 1 aromatic heterocycles. The summed E-state index contributed by atoms with van der Waals surface area (Å²) in [6, 6.07) is 24.3. The summed E-state index contributed by atoms with van der Waals surface area (Å²) in [7, 11) is 0. The molecule has 34 heavy (non-hydrogen) atoms. The number of carbonyl (C=O) groups excluding carboxylic acids is 1. The molecule has 0 aliphatic heterocycles. The second kappa shape index (κ2) is 9.19. The third kappa shape index (κ3) is 4.55. The van der Waals surface area contributed by atoms with Gasteiger partial charge in [-0.25, -0.2) is 4.99 Å². The van der Waals surface area contributed by atoms with Gasteiger partial charge in [-0.05, 0) is 59.1 Å². The Morgan fingerprint density at radius 1 is 1.00 bits per heavy atom. The Labute approximate surface area is 205 Å². The van der Waals surface area contributed by atoms with Crippen molar-refractivity contribution < 1.29 is 4.79 Å². The molecular formula is C30H30N2OS. The van der Waals surface area contributed by atoms with Crippen LogP contribution in [0.4, 0.5) is 10.7 Å². The van der Waals surface area contributed by atoms with Gasteiger partial charge in [-0.2, -0.15) is 0 Å². The van der Waals surface area contributed by atoms with Crippen LogP contribution in [-0.4, -0.2) is 12.1 Å². The smallest absolute Gasteiger partial charge is 0.259 e. The van der Waals surface area contributed by atoms with Crippen molar-refractivity contribution in [1.29, 1.82) is 0 Å². The minimum Gasteiger partial charge on any atom is -0.322 e. The van der Waals surface area contributed by atoms with E-state index in [-0.39, 0.29) is 11.3 Å². The third-order valence-corrected chi connectivity index (χ3v) is 8.04. The van der Waals surface area contributed by atoms with Gasteiger partial charge in [0.25, 0.3) is 5.91 Å². The molecular weight excluding hydrogens is 436 g/mol. The summed E-state index contributed by atoms with van der Waals surface area (Å²) in [5, 5.41) is 6.26. The first-order valence-corrected chi connectivity index (χ1v) is 12.7. The van der Waals surface area contributed by atoms with Gasteiger partial charge in [0, 0.05) is 22.3 Å². The second-order valence-corrected chi connectivity index (χ2v) is 11.2. The number of fused-ring (bicyclic) bond motifs is 2. The molecule has 1 atom stereocenters. The van der Waals surface area contributed by atoms with Crippen molar-refractivity contribution in [2.24, 2.45) is 16.3 Å². The summed E-state index contributed by atoms with van der Waals surface area (Å²) in [6.45, 7) is 6.95. The molecule has 3 aromatic carbocycles. The predicted molar refractivity (Wildman–Crippen MR) is 145 cm³/mol. The van der Waals surface area contributed by atoms with Crippen molar-refractivity contribution in [2.75, 3.05) is 5.32 Å². The van der Waals surface area contributed by atoms with E-state index in [4.69, 9.17) is 4.99 Å². The minimum atomic E-state index is -0.0667. The Kier molecular flexibility index (Phi) is 6.09. The Morgan fingerprint density at radius 2 is 1.74 bits per heavy atom. The van der Waals surface area contributed by atoms with Gasteiger partial charge in [0.1, 0.15) is 5.00 Å². The van der Waals surface area contributed by atoms with Crippen molar-refractivity contribution in [3.63, 3.8) is 0 Å². The van der Waals surface area contributed by atoms with Crippen LogP contribution in [0.25, 0.3) is 10.8 Å². The summed E-state index contributed by atoms with van der Waals surface area (Å²) in [6.07, 6.45) is 4.96. The molecule has 4 aromatic rings. The van der Waals surface area contributed by atoms with Gasteiger partial charge < -0.3 is 5.32 Å². The lowest BCUT2D eigenvalue weighted by Gasteiger charge is -2.33. The summed E-state index contributed by atoms with van der Waals surface area (Å²) in [5.41, 5.74) is 4.04. The molecule has 1 N–H and O–H groups in total. The first-order chi connectivity index (χ1) is 16.4. The number of nitrogens with zero attached hydrogens (tertiary/aromatic N) is 1. The van der Waals surface area contributed by atoms with Crippen LogP contribution in [0.2, 0.25) is 0 Å². The van der Waals surface area contributed by atoms with Crippen LogP contribution in [0, 0.1) is 11.3 Å². The van der Waals surface area contributed by atoms with E-state index in [0.29, 0.717) is 5.92 Å². The van der Waals surface area contributed by atoms with Gasteiger partial charge in [0.2, 0.25) is 0 Å². The van der Waals surface area contributed by atoms with Crippen LogP contribution >= 0.6 is 11.3 Å². The SMILES string of the molecule is CC(C)(C)[C@H]1CCc2c(sc(N=Cc3cccc4ccccc34)c2C(=O)Nc2ccccc2)C1. The Hall–Kier alpha value is -3.24. The van der Waals surface area contributed by atoms with Gasteiger partial charge in [0.15, 0.2) is 0 Å². The maximum atomic E-state index is 13.5. The summed E-state index contributed by atoms with van der Waals surface area (Å²) < 4.78 is 0. The average Bonchev–Trinajstić information content (AvgIpc) is 3.20. The number of anilines is 1. The van der Waals surface area contributed by atoms with Crippen molar-refractivity contribution in [3.05, 3.63) is 94.4 Å². The van der Waals surface area contributed by atoms with E-state index in [2.05, 4.69) is 62.5 Å². The molecule has 172 valence electrons. The molecule has 1 aliphatic rings. The zero-order valence-corrected chi connectivity index (χ0v) is 20.8. The van der Waals surface area contributed by atoms with Crippen molar-refractivity contribution in [3.8, 4) is 0 Å². The van der Waals surface area contributed by atoms with Crippen molar-refractivity contribution in [2.45, 2.75) is 40.0 Å². The van der Waals surface area contributed by atoms with E-state index in [0.717, 1.165) is 46.5 Å². The fourth-order valence-corrected chi connectivity index (χ4v) is 6.11. The van der Waals surface area contributed by atoms with Crippen LogP contribution in [0.3, 0.4) is 0 Å². The zero-order valence-electron chi connectivity index (χ0n) is 20.0. The quantitative estimate of drug-likeness (QED) is 0.304. The number of benzene rings is 3. The van der Waals surface area contributed by atoms with Gasteiger partial charge in [0.05, 0.1) is 5.56 Å². The van der Waals surface area contributed by atoms with Crippen LogP contribution in [0.1, 0.15) is 53.6 Å². The Balaban J connectivity index is 1.55. The summed E-state index contributed by atoms with van der Waals surface area (Å²) in [4.78, 5) is 19.7. The van der Waals surface area contributed by atoms with E-state index in [1.807, 2.05) is 42.6 Å². The maximum absolute atomic E-state index is 13.5. The number of nitrogens with one attached hydrogen (secondary N) is 1. The summed E-state index contributed by atoms with van der Waals surface area (Å²) in [5.74, 6) is 0.543. The Morgan fingerprint density at radius 3 is 2.53 bits per heavy atom. The number of amides is 1. The minimum absolute atomic E-state index is 0.0667. The standard InChI is InChI=1S/C30H30N2OS/c1-30(2,3)22-16-17-25-26(18-22)34-29(27(25)28(33)32-23-13-5-4-6-14-23)31-19-21-12-9-11-20-10-7-8-15-24(20)21/h4-15,19,22H,16-18H2,1-3H3,(H,32,33)/t22-/m0/s1. The lowest BCUT2D eigenvalue weighted by Crippen LogP contribution is -2.27. The van der Waals surface area contributed by atoms with Gasteiger partial charge >= 0.3 is 0 Å². The topological polar surface area (TPSA) is 41.5 Å². The zero-order chi connectivity index (χ0) is 23.7. The normalized spacial score (nSPS) is 16.0. The molecule has 5 rings (SSSR count). The molecule has 1 aliphatic carbocycles.